The van der Waals surface area contributed by atoms with Crippen molar-refractivity contribution in [2.45, 2.75) is 20.0 Å². The van der Waals surface area contributed by atoms with Crippen LogP contribution in [0.25, 0.3) is 17.2 Å². The maximum absolute atomic E-state index is 5.62. The zero-order valence-electron chi connectivity index (χ0n) is 14.0. The summed E-state index contributed by atoms with van der Waals surface area (Å²) in [5.74, 6) is 1.75. The topological polar surface area (TPSA) is 90.9 Å². The van der Waals surface area contributed by atoms with Crippen LogP contribution in [-0.2, 0) is 4.74 Å². The highest BCUT2D eigenvalue weighted by atomic mass is 35.5. The Morgan fingerprint density at radius 3 is 2.80 bits per heavy atom. The highest BCUT2D eigenvalue weighted by molar-refractivity contribution is 5.85. The van der Waals surface area contributed by atoms with Gasteiger partial charge in [0.1, 0.15) is 6.10 Å². The predicted octanol–water partition coefficient (Wildman–Crippen LogP) is 2.02. The lowest BCUT2D eigenvalue weighted by atomic mass is 10.2. The van der Waals surface area contributed by atoms with Crippen LogP contribution in [0.5, 0.6) is 0 Å². The van der Waals surface area contributed by atoms with E-state index in [9.17, 15) is 0 Å². The molecule has 9 heteroatoms. The van der Waals surface area contributed by atoms with Crippen molar-refractivity contribution in [3.05, 3.63) is 41.7 Å². The molecule has 0 unspecified atom stereocenters. The molecule has 0 bridgehead atoms. The SMILES string of the molecule is Cc1cc(C)n(-c2ccc(-c3noc([C@@H]4CNCCO4)n3)cn2)n1.Cl. The van der Waals surface area contributed by atoms with Crippen molar-refractivity contribution in [3.63, 3.8) is 0 Å². The highest BCUT2D eigenvalue weighted by Crippen LogP contribution is 2.22. The second-order valence-corrected chi connectivity index (χ2v) is 5.76. The van der Waals surface area contributed by atoms with E-state index in [-0.39, 0.29) is 18.5 Å². The molecule has 1 atom stereocenters. The molecule has 3 aromatic heterocycles. The number of hydrogen-bond acceptors (Lipinski definition) is 7. The van der Waals surface area contributed by atoms with E-state index in [0.717, 1.165) is 29.3 Å². The molecule has 0 amide bonds. The first-order valence-corrected chi connectivity index (χ1v) is 7.87. The van der Waals surface area contributed by atoms with Gasteiger partial charge in [-0.1, -0.05) is 5.16 Å². The minimum absolute atomic E-state index is 0. The summed E-state index contributed by atoms with van der Waals surface area (Å²) in [6, 6.07) is 5.82. The number of pyridine rings is 1. The molecule has 0 aliphatic carbocycles. The minimum Gasteiger partial charge on any atom is -0.366 e. The van der Waals surface area contributed by atoms with Crippen LogP contribution < -0.4 is 5.32 Å². The molecule has 0 radical (unpaired) electrons. The molecular formula is C16H19ClN6O2. The lowest BCUT2D eigenvalue weighted by Gasteiger charge is -2.19. The Morgan fingerprint density at radius 2 is 2.16 bits per heavy atom. The van der Waals surface area contributed by atoms with Gasteiger partial charge in [-0.25, -0.2) is 9.67 Å². The van der Waals surface area contributed by atoms with E-state index in [2.05, 4.69) is 25.5 Å². The van der Waals surface area contributed by atoms with Gasteiger partial charge in [-0.3, -0.25) is 0 Å². The van der Waals surface area contributed by atoms with Crippen LogP contribution in [0.1, 0.15) is 23.4 Å². The number of ether oxygens (including phenoxy) is 1. The number of aryl methyl sites for hydroxylation is 2. The zero-order chi connectivity index (χ0) is 16.5. The van der Waals surface area contributed by atoms with E-state index in [1.54, 1.807) is 6.20 Å². The first kappa shape index (κ1) is 17.5. The molecule has 1 aliphatic heterocycles. The van der Waals surface area contributed by atoms with Crippen LogP contribution in [-0.4, -0.2) is 44.6 Å². The standard InChI is InChI=1S/C16H18N6O2.ClH/c1-10-7-11(2)22(20-10)14-4-3-12(8-18-14)15-19-16(24-21-15)13-9-17-5-6-23-13;/h3-4,7-8,13,17H,5-6,9H2,1-2H3;1H/t13-;/m0./s1. The zero-order valence-corrected chi connectivity index (χ0v) is 14.8. The molecule has 132 valence electrons. The number of hydrogen-bond donors (Lipinski definition) is 1. The summed E-state index contributed by atoms with van der Waals surface area (Å²) >= 11 is 0. The van der Waals surface area contributed by atoms with Crippen LogP contribution >= 0.6 is 12.4 Å². The van der Waals surface area contributed by atoms with Gasteiger partial charge in [-0.15, -0.1) is 12.4 Å². The summed E-state index contributed by atoms with van der Waals surface area (Å²) in [7, 11) is 0. The largest absolute Gasteiger partial charge is 0.366 e. The molecule has 25 heavy (non-hydrogen) atoms. The van der Waals surface area contributed by atoms with Crippen molar-refractivity contribution in [1.29, 1.82) is 0 Å². The summed E-state index contributed by atoms with van der Waals surface area (Å²) in [4.78, 5) is 8.88. The maximum atomic E-state index is 5.62. The Morgan fingerprint density at radius 1 is 1.28 bits per heavy atom. The van der Waals surface area contributed by atoms with Gasteiger partial charge in [0.05, 0.1) is 12.3 Å². The Labute approximate surface area is 151 Å². The fourth-order valence-electron chi connectivity index (χ4n) is 2.71. The van der Waals surface area contributed by atoms with Crippen molar-refractivity contribution in [1.82, 2.24) is 30.2 Å². The van der Waals surface area contributed by atoms with E-state index in [4.69, 9.17) is 9.26 Å². The molecular weight excluding hydrogens is 344 g/mol. The van der Waals surface area contributed by atoms with Crippen LogP contribution in [0.15, 0.2) is 28.9 Å². The van der Waals surface area contributed by atoms with Gasteiger partial charge >= 0.3 is 0 Å². The summed E-state index contributed by atoms with van der Waals surface area (Å²) in [6.45, 7) is 6.12. The van der Waals surface area contributed by atoms with E-state index in [0.29, 0.717) is 24.9 Å². The van der Waals surface area contributed by atoms with E-state index in [1.165, 1.54) is 0 Å². The fraction of sp³-hybridized carbons (Fsp3) is 0.375. The van der Waals surface area contributed by atoms with Crippen molar-refractivity contribution < 1.29 is 9.26 Å². The quantitative estimate of drug-likeness (QED) is 0.762. The molecule has 3 aromatic rings. The second-order valence-electron chi connectivity index (χ2n) is 5.76. The molecule has 1 N–H and O–H groups in total. The van der Waals surface area contributed by atoms with Gasteiger partial charge in [0.25, 0.3) is 5.89 Å². The van der Waals surface area contributed by atoms with E-state index in [1.807, 2.05) is 36.7 Å². The molecule has 4 rings (SSSR count). The molecule has 1 aliphatic rings. The van der Waals surface area contributed by atoms with Gasteiger partial charge in [0, 0.05) is 30.5 Å². The van der Waals surface area contributed by atoms with Crippen molar-refractivity contribution >= 4 is 12.4 Å². The van der Waals surface area contributed by atoms with Crippen molar-refractivity contribution in [2.24, 2.45) is 0 Å². The lowest BCUT2D eigenvalue weighted by molar-refractivity contribution is 0.00755. The molecule has 1 saturated heterocycles. The van der Waals surface area contributed by atoms with Crippen LogP contribution in [0.2, 0.25) is 0 Å². The number of aromatic nitrogens is 5. The minimum atomic E-state index is -0.193. The monoisotopic (exact) mass is 362 g/mol. The Bertz CT molecular complexity index is 839. The van der Waals surface area contributed by atoms with Gasteiger partial charge < -0.3 is 14.6 Å². The normalized spacial score (nSPS) is 17.3. The third-order valence-electron chi connectivity index (χ3n) is 3.88. The number of nitrogens with zero attached hydrogens (tertiary/aromatic N) is 5. The number of halogens is 1. The molecule has 0 saturated carbocycles. The third kappa shape index (κ3) is 3.55. The van der Waals surface area contributed by atoms with Crippen LogP contribution in [0.4, 0.5) is 0 Å². The van der Waals surface area contributed by atoms with Crippen molar-refractivity contribution in [3.8, 4) is 17.2 Å². The van der Waals surface area contributed by atoms with E-state index >= 15 is 0 Å². The summed E-state index contributed by atoms with van der Waals surface area (Å²) < 4.78 is 12.8. The van der Waals surface area contributed by atoms with Crippen molar-refractivity contribution in [2.75, 3.05) is 19.7 Å². The Balaban J connectivity index is 0.00000182. The summed E-state index contributed by atoms with van der Waals surface area (Å²) in [6.07, 6.45) is 1.53. The molecule has 0 spiro atoms. The molecule has 1 fully saturated rings. The average molecular weight is 363 g/mol. The maximum Gasteiger partial charge on any atom is 0.257 e. The smallest absolute Gasteiger partial charge is 0.257 e. The molecule has 8 nitrogen and oxygen atoms in total. The van der Waals surface area contributed by atoms with Gasteiger partial charge in [-0.05, 0) is 32.0 Å². The van der Waals surface area contributed by atoms with Gasteiger partial charge in [-0.2, -0.15) is 10.1 Å². The second kappa shape index (κ2) is 7.30. The average Bonchev–Trinajstić information content (AvgIpc) is 3.22. The third-order valence-corrected chi connectivity index (χ3v) is 3.88. The number of morpholine rings is 1. The predicted molar refractivity (Wildman–Crippen MR) is 92.9 cm³/mol. The van der Waals surface area contributed by atoms with Gasteiger partial charge in [0.15, 0.2) is 5.82 Å². The lowest BCUT2D eigenvalue weighted by Crippen LogP contribution is -2.33. The first-order valence-electron chi connectivity index (χ1n) is 7.87. The molecule has 0 aromatic carbocycles. The van der Waals surface area contributed by atoms with Crippen LogP contribution in [0, 0.1) is 13.8 Å². The number of nitrogens with one attached hydrogen (secondary N) is 1. The van der Waals surface area contributed by atoms with Gasteiger partial charge in [0.2, 0.25) is 5.82 Å². The fourth-order valence-corrected chi connectivity index (χ4v) is 2.71. The highest BCUT2D eigenvalue weighted by Gasteiger charge is 2.22. The Kier molecular flexibility index (Phi) is 5.12. The first-order chi connectivity index (χ1) is 11.7. The van der Waals surface area contributed by atoms with Crippen LogP contribution in [0.3, 0.4) is 0 Å². The summed E-state index contributed by atoms with van der Waals surface area (Å²) in [5.41, 5.74) is 2.79. The van der Waals surface area contributed by atoms with E-state index < -0.39 is 0 Å². The summed E-state index contributed by atoms with van der Waals surface area (Å²) in [5, 5.41) is 11.7. The number of rotatable bonds is 3. The molecule has 4 heterocycles. The Hall–Kier alpha value is -2.29.